The monoisotopic (exact) mass is 325 g/mol. The van der Waals surface area contributed by atoms with Crippen molar-refractivity contribution in [1.29, 1.82) is 0 Å². The first-order valence-corrected chi connectivity index (χ1v) is 7.95. The van der Waals surface area contributed by atoms with Gasteiger partial charge in [-0.25, -0.2) is 13.6 Å². The van der Waals surface area contributed by atoms with E-state index in [0.717, 1.165) is 24.2 Å². The lowest BCUT2D eigenvalue weighted by Gasteiger charge is -2.10. The summed E-state index contributed by atoms with van der Waals surface area (Å²) in [5.74, 6) is 0.185. The van der Waals surface area contributed by atoms with Crippen LogP contribution in [0.3, 0.4) is 0 Å². The maximum absolute atomic E-state index is 11.7. The normalized spacial score (nSPS) is 16.5. The fraction of sp³-hybridized carbons (Fsp3) is 0.500. The van der Waals surface area contributed by atoms with E-state index in [4.69, 9.17) is 10.9 Å². The van der Waals surface area contributed by atoms with Gasteiger partial charge in [0.1, 0.15) is 4.21 Å². The molecule has 1 aromatic heterocycles. The Labute approximate surface area is 122 Å². The van der Waals surface area contributed by atoms with E-state index in [9.17, 15) is 13.2 Å². The first-order valence-electron chi connectivity index (χ1n) is 5.53. The molecule has 0 aromatic carbocycles. The van der Waals surface area contributed by atoms with Gasteiger partial charge >= 0.3 is 0 Å². The lowest BCUT2D eigenvalue weighted by Crippen LogP contribution is -2.38. The molecule has 19 heavy (non-hydrogen) atoms. The summed E-state index contributed by atoms with van der Waals surface area (Å²) in [6.45, 7) is 0.407. The van der Waals surface area contributed by atoms with Crippen LogP contribution in [0.25, 0.3) is 0 Å². The summed E-state index contributed by atoms with van der Waals surface area (Å²) in [4.78, 5) is 11.7. The SMILES string of the molecule is Cl.NC(CNC(=O)c1csc(S(N)(=O)=O)c1)C1CC1. The second-order valence-electron chi connectivity index (χ2n) is 4.41. The van der Waals surface area contributed by atoms with Crippen molar-refractivity contribution in [1.82, 2.24) is 5.32 Å². The number of hydrogen-bond acceptors (Lipinski definition) is 5. The van der Waals surface area contributed by atoms with Crippen molar-refractivity contribution in [2.75, 3.05) is 6.54 Å². The third-order valence-electron chi connectivity index (χ3n) is 2.84. The van der Waals surface area contributed by atoms with Crippen LogP contribution in [0.4, 0.5) is 0 Å². The largest absolute Gasteiger partial charge is 0.350 e. The highest BCUT2D eigenvalue weighted by Crippen LogP contribution is 2.31. The van der Waals surface area contributed by atoms with E-state index in [2.05, 4.69) is 5.32 Å². The van der Waals surface area contributed by atoms with Crippen LogP contribution in [0.5, 0.6) is 0 Å². The minimum absolute atomic E-state index is 0. The summed E-state index contributed by atoms with van der Waals surface area (Å²) in [6, 6.07) is 1.25. The fourth-order valence-corrected chi connectivity index (χ4v) is 3.17. The van der Waals surface area contributed by atoms with Gasteiger partial charge in [-0.1, -0.05) is 0 Å². The number of nitrogens with two attached hydrogens (primary N) is 2. The van der Waals surface area contributed by atoms with Crippen LogP contribution in [0.15, 0.2) is 15.7 Å². The van der Waals surface area contributed by atoms with Gasteiger partial charge in [-0.15, -0.1) is 23.7 Å². The zero-order valence-corrected chi connectivity index (χ0v) is 12.5. The lowest BCUT2D eigenvalue weighted by atomic mass is 10.2. The Morgan fingerprint density at radius 3 is 2.63 bits per heavy atom. The summed E-state index contributed by atoms with van der Waals surface area (Å²) in [6.07, 6.45) is 2.23. The molecule has 1 unspecified atom stereocenters. The van der Waals surface area contributed by atoms with Crippen LogP contribution in [0, 0.1) is 5.92 Å². The second kappa shape index (κ2) is 6.19. The van der Waals surface area contributed by atoms with Crippen molar-refractivity contribution in [3.8, 4) is 0 Å². The maximum Gasteiger partial charge on any atom is 0.252 e. The first kappa shape index (κ1) is 16.4. The van der Waals surface area contributed by atoms with E-state index >= 15 is 0 Å². The van der Waals surface area contributed by atoms with Crippen LogP contribution in [-0.4, -0.2) is 26.9 Å². The second-order valence-corrected chi connectivity index (χ2v) is 7.11. The number of thiophene rings is 1. The fourth-order valence-electron chi connectivity index (χ4n) is 1.59. The van der Waals surface area contributed by atoms with Crippen LogP contribution in [0.2, 0.25) is 0 Å². The number of carbonyl (C=O) groups is 1. The zero-order chi connectivity index (χ0) is 13.3. The van der Waals surface area contributed by atoms with Crippen LogP contribution in [-0.2, 0) is 10.0 Å². The van der Waals surface area contributed by atoms with Crippen LogP contribution < -0.4 is 16.2 Å². The van der Waals surface area contributed by atoms with Crippen molar-refractivity contribution < 1.29 is 13.2 Å². The summed E-state index contributed by atoms with van der Waals surface area (Å²) >= 11 is 0.933. The highest BCUT2D eigenvalue weighted by molar-refractivity contribution is 7.91. The minimum atomic E-state index is -3.74. The number of sulfonamides is 1. The summed E-state index contributed by atoms with van der Waals surface area (Å²) < 4.78 is 22.1. The Hall–Kier alpha value is -0.670. The number of hydrogen-bond donors (Lipinski definition) is 3. The molecule has 1 aliphatic rings. The van der Waals surface area contributed by atoms with Crippen molar-refractivity contribution in [2.24, 2.45) is 16.8 Å². The molecule has 1 fully saturated rings. The van der Waals surface area contributed by atoms with Gasteiger partial charge in [0, 0.05) is 18.0 Å². The molecule has 0 aliphatic heterocycles. The molecule has 1 atom stereocenters. The van der Waals surface area contributed by atoms with Crippen molar-refractivity contribution >= 4 is 39.7 Å². The number of carbonyl (C=O) groups excluding carboxylic acids is 1. The van der Waals surface area contributed by atoms with Crippen molar-refractivity contribution in [2.45, 2.75) is 23.1 Å². The van der Waals surface area contributed by atoms with E-state index in [-0.39, 0.29) is 28.6 Å². The third kappa shape index (κ3) is 4.43. The van der Waals surface area contributed by atoms with Gasteiger partial charge in [0.25, 0.3) is 5.91 Å². The molecule has 1 heterocycles. The lowest BCUT2D eigenvalue weighted by molar-refractivity contribution is 0.0950. The standard InChI is InChI=1S/C10H15N3O3S2.ClH/c11-8(6-1-2-6)4-13-10(14)7-3-9(17-5-7)18(12,15)16;/h3,5-6,8H,1-2,4,11H2,(H,13,14)(H2,12,15,16);1H. The molecule has 6 nitrogen and oxygen atoms in total. The zero-order valence-electron chi connectivity index (χ0n) is 10.0. The topological polar surface area (TPSA) is 115 Å². The first-order chi connectivity index (χ1) is 8.38. The average molecular weight is 326 g/mol. The third-order valence-corrected chi connectivity index (χ3v) is 5.23. The summed E-state index contributed by atoms with van der Waals surface area (Å²) in [5, 5.41) is 9.13. The van der Waals surface area contributed by atoms with E-state index in [1.165, 1.54) is 11.4 Å². The summed E-state index contributed by atoms with van der Waals surface area (Å²) in [5.41, 5.74) is 6.15. The number of amides is 1. The Bertz CT molecular complexity index is 554. The molecule has 2 rings (SSSR count). The van der Waals surface area contributed by atoms with E-state index < -0.39 is 10.0 Å². The number of primary sulfonamides is 1. The van der Waals surface area contributed by atoms with E-state index in [1.54, 1.807) is 0 Å². The van der Waals surface area contributed by atoms with Crippen LogP contribution >= 0.6 is 23.7 Å². The Kier molecular flexibility index (Phi) is 5.34. The number of rotatable bonds is 5. The number of nitrogens with one attached hydrogen (secondary N) is 1. The predicted octanol–water partition coefficient (Wildman–Crippen LogP) is 0.284. The molecule has 0 spiro atoms. The van der Waals surface area contributed by atoms with E-state index in [0.29, 0.717) is 18.0 Å². The minimum Gasteiger partial charge on any atom is -0.350 e. The van der Waals surface area contributed by atoms with Gasteiger partial charge in [0.2, 0.25) is 10.0 Å². The van der Waals surface area contributed by atoms with Gasteiger partial charge in [0.15, 0.2) is 0 Å². The molecule has 0 radical (unpaired) electrons. The Balaban J connectivity index is 0.00000180. The van der Waals surface area contributed by atoms with Gasteiger partial charge in [0.05, 0.1) is 5.56 Å². The molecular formula is C10H16ClN3O3S2. The quantitative estimate of drug-likeness (QED) is 0.721. The molecule has 5 N–H and O–H groups in total. The molecule has 1 saturated carbocycles. The Morgan fingerprint density at radius 2 is 2.16 bits per heavy atom. The Morgan fingerprint density at radius 1 is 1.53 bits per heavy atom. The van der Waals surface area contributed by atoms with Crippen LogP contribution in [0.1, 0.15) is 23.2 Å². The van der Waals surface area contributed by atoms with Gasteiger partial charge in [-0.2, -0.15) is 0 Å². The molecule has 0 saturated heterocycles. The van der Waals surface area contributed by atoms with Crippen molar-refractivity contribution in [3.63, 3.8) is 0 Å². The maximum atomic E-state index is 11.7. The number of halogens is 1. The van der Waals surface area contributed by atoms with E-state index in [1.807, 2.05) is 0 Å². The molecule has 0 bridgehead atoms. The van der Waals surface area contributed by atoms with Gasteiger partial charge in [-0.05, 0) is 24.8 Å². The van der Waals surface area contributed by atoms with Crippen molar-refractivity contribution in [3.05, 3.63) is 17.0 Å². The summed E-state index contributed by atoms with van der Waals surface area (Å²) in [7, 11) is -3.74. The molecule has 108 valence electrons. The molecule has 1 aromatic rings. The smallest absolute Gasteiger partial charge is 0.252 e. The molecule has 9 heteroatoms. The average Bonchev–Trinajstić information content (AvgIpc) is 3.00. The predicted molar refractivity (Wildman–Crippen MR) is 76.0 cm³/mol. The highest BCUT2D eigenvalue weighted by Gasteiger charge is 2.28. The molecule has 1 aliphatic carbocycles. The highest BCUT2D eigenvalue weighted by atomic mass is 35.5. The molecule has 1 amide bonds. The van der Waals surface area contributed by atoms with Gasteiger partial charge in [-0.3, -0.25) is 4.79 Å². The molecular weight excluding hydrogens is 310 g/mol. The van der Waals surface area contributed by atoms with Gasteiger partial charge < -0.3 is 11.1 Å².